The zero-order chi connectivity index (χ0) is 11.8. The Morgan fingerprint density at radius 2 is 1.20 bits per heavy atom. The van der Waals surface area contributed by atoms with Crippen LogP contribution in [0, 0.1) is 0 Å². The fourth-order valence-electron chi connectivity index (χ4n) is 0.868. The largest absolute Gasteiger partial charge is 0.380 e. The second-order valence-electron chi connectivity index (χ2n) is 3.69. The molecule has 0 aromatic rings. The van der Waals surface area contributed by atoms with E-state index in [-0.39, 0.29) is 11.8 Å². The van der Waals surface area contributed by atoms with E-state index in [1.54, 1.807) is 28.2 Å². The summed E-state index contributed by atoms with van der Waals surface area (Å²) in [6, 6.07) is 0. The van der Waals surface area contributed by atoms with Crippen molar-refractivity contribution in [2.75, 3.05) is 41.4 Å². The predicted octanol–water partition coefficient (Wildman–Crippen LogP) is -0.0404. The molecule has 15 heavy (non-hydrogen) atoms. The third-order valence-electron chi connectivity index (χ3n) is 1.92. The Bertz CT molecular complexity index is 193. The maximum atomic E-state index is 11.1. The third kappa shape index (κ3) is 6.90. The Morgan fingerprint density at radius 3 is 1.47 bits per heavy atom. The minimum Gasteiger partial charge on any atom is -0.380 e. The maximum Gasteiger partial charge on any atom is 0.224 e. The van der Waals surface area contributed by atoms with Crippen LogP contribution in [0.25, 0.3) is 0 Å². The minimum absolute atomic E-state index is 0.0361. The Hall–Kier alpha value is -1.10. The number of rotatable bonds is 6. The maximum absolute atomic E-state index is 11.1. The Labute approximate surface area is 91.0 Å². The molecule has 5 heteroatoms. The SMILES string of the molecule is CN(C)C(=O)CCOCCC(=O)N(C)C. The number of carbonyl (C=O) groups is 2. The van der Waals surface area contributed by atoms with Crippen LogP contribution in [0.4, 0.5) is 0 Å². The van der Waals surface area contributed by atoms with E-state index in [1.807, 2.05) is 0 Å². The monoisotopic (exact) mass is 216 g/mol. The Balaban J connectivity index is 3.40. The van der Waals surface area contributed by atoms with Crippen LogP contribution in [-0.2, 0) is 14.3 Å². The Morgan fingerprint density at radius 1 is 0.867 bits per heavy atom. The van der Waals surface area contributed by atoms with Crippen LogP contribution in [-0.4, -0.2) is 63.0 Å². The van der Waals surface area contributed by atoms with Gasteiger partial charge in [-0.3, -0.25) is 9.59 Å². The summed E-state index contributed by atoms with van der Waals surface area (Å²) in [6.45, 7) is 0.745. The molecule has 0 aliphatic rings. The highest BCUT2D eigenvalue weighted by Crippen LogP contribution is 1.92. The topological polar surface area (TPSA) is 49.9 Å². The van der Waals surface area contributed by atoms with Crippen LogP contribution in [0.3, 0.4) is 0 Å². The van der Waals surface area contributed by atoms with Crippen LogP contribution in [0.5, 0.6) is 0 Å². The van der Waals surface area contributed by atoms with Crippen LogP contribution in [0.15, 0.2) is 0 Å². The second kappa shape index (κ2) is 7.23. The van der Waals surface area contributed by atoms with Gasteiger partial charge in [-0.15, -0.1) is 0 Å². The van der Waals surface area contributed by atoms with Gasteiger partial charge in [-0.1, -0.05) is 0 Å². The van der Waals surface area contributed by atoms with E-state index >= 15 is 0 Å². The van der Waals surface area contributed by atoms with Gasteiger partial charge >= 0.3 is 0 Å². The van der Waals surface area contributed by atoms with Gasteiger partial charge < -0.3 is 14.5 Å². The van der Waals surface area contributed by atoms with Gasteiger partial charge in [0, 0.05) is 28.2 Å². The highest BCUT2D eigenvalue weighted by molar-refractivity contribution is 5.76. The average Bonchev–Trinajstić information content (AvgIpc) is 2.16. The van der Waals surface area contributed by atoms with Crippen LogP contribution >= 0.6 is 0 Å². The summed E-state index contributed by atoms with van der Waals surface area (Å²) in [4.78, 5) is 25.3. The molecule has 5 nitrogen and oxygen atoms in total. The summed E-state index contributed by atoms with van der Waals surface area (Å²) in [5.41, 5.74) is 0. The van der Waals surface area contributed by atoms with Gasteiger partial charge in [-0.05, 0) is 0 Å². The average molecular weight is 216 g/mol. The smallest absolute Gasteiger partial charge is 0.224 e. The number of nitrogens with zero attached hydrogens (tertiary/aromatic N) is 2. The molecule has 0 aromatic carbocycles. The lowest BCUT2D eigenvalue weighted by molar-refractivity contribution is -0.130. The molecule has 0 atom stereocenters. The van der Waals surface area contributed by atoms with Crippen LogP contribution in [0.2, 0.25) is 0 Å². The quantitative estimate of drug-likeness (QED) is 0.585. The van der Waals surface area contributed by atoms with Gasteiger partial charge in [0.25, 0.3) is 0 Å². The summed E-state index contributed by atoms with van der Waals surface area (Å²) in [6.07, 6.45) is 0.728. The van der Waals surface area contributed by atoms with Crippen molar-refractivity contribution >= 4 is 11.8 Å². The number of hydrogen-bond donors (Lipinski definition) is 0. The van der Waals surface area contributed by atoms with Gasteiger partial charge in [0.1, 0.15) is 0 Å². The standard InChI is InChI=1S/C10H20N2O3/c1-11(2)9(13)5-7-15-8-6-10(14)12(3)4/h5-8H2,1-4H3. The van der Waals surface area contributed by atoms with E-state index in [4.69, 9.17) is 4.74 Å². The van der Waals surface area contributed by atoms with Gasteiger partial charge in [0.05, 0.1) is 26.1 Å². The summed E-state index contributed by atoms with van der Waals surface area (Å²) < 4.78 is 5.18. The molecular weight excluding hydrogens is 196 g/mol. The lowest BCUT2D eigenvalue weighted by atomic mass is 10.4. The van der Waals surface area contributed by atoms with E-state index in [2.05, 4.69) is 0 Å². The molecule has 88 valence electrons. The first-order valence-corrected chi connectivity index (χ1v) is 4.93. The van der Waals surface area contributed by atoms with E-state index in [9.17, 15) is 9.59 Å². The molecule has 0 saturated heterocycles. The summed E-state index contributed by atoms with van der Waals surface area (Å²) >= 11 is 0. The van der Waals surface area contributed by atoms with E-state index in [0.29, 0.717) is 26.1 Å². The Kier molecular flexibility index (Phi) is 6.70. The predicted molar refractivity (Wildman–Crippen MR) is 57.4 cm³/mol. The number of ether oxygens (including phenoxy) is 1. The molecule has 2 amide bonds. The van der Waals surface area contributed by atoms with Crippen molar-refractivity contribution in [3.63, 3.8) is 0 Å². The number of amides is 2. The first kappa shape index (κ1) is 13.9. The van der Waals surface area contributed by atoms with E-state index in [1.165, 1.54) is 9.80 Å². The van der Waals surface area contributed by atoms with Crippen molar-refractivity contribution in [1.82, 2.24) is 9.80 Å². The summed E-state index contributed by atoms with van der Waals surface area (Å²) in [5, 5.41) is 0. The molecule has 0 fully saturated rings. The lowest BCUT2D eigenvalue weighted by Crippen LogP contribution is -2.24. The molecule has 0 aromatic heterocycles. The number of hydrogen-bond acceptors (Lipinski definition) is 3. The molecule has 0 rings (SSSR count). The van der Waals surface area contributed by atoms with Gasteiger partial charge in [-0.25, -0.2) is 0 Å². The zero-order valence-corrected chi connectivity index (χ0v) is 9.95. The molecule has 0 radical (unpaired) electrons. The van der Waals surface area contributed by atoms with Crippen LogP contribution < -0.4 is 0 Å². The van der Waals surface area contributed by atoms with Crippen molar-refractivity contribution in [3.8, 4) is 0 Å². The molecular formula is C10H20N2O3. The highest BCUT2D eigenvalue weighted by Gasteiger charge is 2.05. The van der Waals surface area contributed by atoms with Crippen molar-refractivity contribution in [2.45, 2.75) is 12.8 Å². The fraction of sp³-hybridized carbons (Fsp3) is 0.800. The lowest BCUT2D eigenvalue weighted by Gasteiger charge is -2.11. The molecule has 0 heterocycles. The molecule has 0 bridgehead atoms. The molecule has 0 spiro atoms. The van der Waals surface area contributed by atoms with Crippen molar-refractivity contribution in [2.24, 2.45) is 0 Å². The second-order valence-corrected chi connectivity index (χ2v) is 3.69. The third-order valence-corrected chi connectivity index (χ3v) is 1.92. The highest BCUT2D eigenvalue weighted by atomic mass is 16.5. The molecule has 0 aliphatic carbocycles. The van der Waals surface area contributed by atoms with Crippen LogP contribution in [0.1, 0.15) is 12.8 Å². The first-order chi connectivity index (χ1) is 6.95. The molecule has 0 unspecified atom stereocenters. The normalized spacial score (nSPS) is 9.87. The van der Waals surface area contributed by atoms with E-state index in [0.717, 1.165) is 0 Å². The van der Waals surface area contributed by atoms with Gasteiger partial charge in [0.15, 0.2) is 0 Å². The minimum atomic E-state index is 0.0361. The van der Waals surface area contributed by atoms with Crippen molar-refractivity contribution < 1.29 is 14.3 Å². The van der Waals surface area contributed by atoms with Crippen molar-refractivity contribution in [1.29, 1.82) is 0 Å². The van der Waals surface area contributed by atoms with Gasteiger partial charge in [-0.2, -0.15) is 0 Å². The van der Waals surface area contributed by atoms with Gasteiger partial charge in [0.2, 0.25) is 11.8 Å². The van der Waals surface area contributed by atoms with E-state index < -0.39 is 0 Å². The number of carbonyl (C=O) groups excluding carboxylic acids is 2. The molecule has 0 aliphatic heterocycles. The zero-order valence-electron chi connectivity index (χ0n) is 9.95. The summed E-state index contributed by atoms with van der Waals surface area (Å²) in [7, 11) is 6.83. The van der Waals surface area contributed by atoms with Crippen molar-refractivity contribution in [3.05, 3.63) is 0 Å². The molecule has 0 saturated carbocycles. The summed E-state index contributed by atoms with van der Waals surface area (Å²) in [5.74, 6) is 0.0721. The molecule has 0 N–H and O–H groups in total. The fourth-order valence-corrected chi connectivity index (χ4v) is 0.868. The first-order valence-electron chi connectivity index (χ1n) is 4.93.